The lowest BCUT2D eigenvalue weighted by molar-refractivity contribution is -0.0328. The third kappa shape index (κ3) is 4.11. The van der Waals surface area contributed by atoms with Gasteiger partial charge in [-0.05, 0) is 29.5 Å². The van der Waals surface area contributed by atoms with E-state index in [0.29, 0.717) is 5.56 Å². The van der Waals surface area contributed by atoms with Gasteiger partial charge < -0.3 is 10.8 Å². The fourth-order valence-electron chi connectivity index (χ4n) is 1.02. The SMILES string of the molecule is N[C@@H](CO)c1ccc(SC(F)(F)F)cc1. The number of benzene rings is 1. The van der Waals surface area contributed by atoms with Crippen molar-refractivity contribution in [1.29, 1.82) is 0 Å². The maximum Gasteiger partial charge on any atom is 0.446 e. The number of aliphatic hydroxyl groups is 1. The average Bonchev–Trinajstić information content (AvgIpc) is 2.15. The zero-order valence-corrected chi connectivity index (χ0v) is 8.48. The van der Waals surface area contributed by atoms with E-state index in [1.165, 1.54) is 24.3 Å². The van der Waals surface area contributed by atoms with Gasteiger partial charge in [-0.1, -0.05) is 12.1 Å². The molecule has 0 bridgehead atoms. The molecule has 0 spiro atoms. The van der Waals surface area contributed by atoms with Gasteiger partial charge in [0.15, 0.2) is 0 Å². The highest BCUT2D eigenvalue weighted by Crippen LogP contribution is 2.36. The van der Waals surface area contributed by atoms with Crippen molar-refractivity contribution in [2.24, 2.45) is 5.73 Å². The van der Waals surface area contributed by atoms with Crippen LogP contribution >= 0.6 is 11.8 Å². The molecule has 0 amide bonds. The minimum Gasteiger partial charge on any atom is -0.394 e. The van der Waals surface area contributed by atoms with Crippen molar-refractivity contribution >= 4 is 11.8 Å². The van der Waals surface area contributed by atoms with Crippen LogP contribution < -0.4 is 5.73 Å². The molecule has 0 aliphatic rings. The van der Waals surface area contributed by atoms with Crippen molar-refractivity contribution < 1.29 is 18.3 Å². The van der Waals surface area contributed by atoms with Crippen LogP contribution in [-0.2, 0) is 0 Å². The molecule has 84 valence electrons. The van der Waals surface area contributed by atoms with Crippen LogP contribution in [0, 0.1) is 0 Å². The molecular weight excluding hydrogens is 227 g/mol. The second-order valence-corrected chi connectivity index (χ2v) is 4.04. The second kappa shape index (κ2) is 4.87. The molecule has 0 aromatic heterocycles. The molecular formula is C9H10F3NOS. The Balaban J connectivity index is 2.72. The van der Waals surface area contributed by atoms with Gasteiger partial charge in [0, 0.05) is 4.90 Å². The third-order valence-corrected chi connectivity index (χ3v) is 2.48. The van der Waals surface area contributed by atoms with Crippen molar-refractivity contribution in [3.63, 3.8) is 0 Å². The molecule has 0 heterocycles. The summed E-state index contributed by atoms with van der Waals surface area (Å²) in [5.41, 5.74) is 1.83. The van der Waals surface area contributed by atoms with Gasteiger partial charge in [-0.15, -0.1) is 0 Å². The van der Waals surface area contributed by atoms with Crippen LogP contribution in [0.5, 0.6) is 0 Å². The highest BCUT2D eigenvalue weighted by molar-refractivity contribution is 8.00. The maximum absolute atomic E-state index is 12.0. The van der Waals surface area contributed by atoms with Crippen molar-refractivity contribution in [2.45, 2.75) is 16.4 Å². The van der Waals surface area contributed by atoms with E-state index in [1.54, 1.807) is 0 Å². The molecule has 0 aliphatic carbocycles. The summed E-state index contributed by atoms with van der Waals surface area (Å²) in [5.74, 6) is 0. The predicted molar refractivity (Wildman–Crippen MR) is 52.4 cm³/mol. The summed E-state index contributed by atoms with van der Waals surface area (Å²) in [7, 11) is 0. The number of thioether (sulfide) groups is 1. The molecule has 0 saturated carbocycles. The van der Waals surface area contributed by atoms with Gasteiger partial charge >= 0.3 is 5.51 Å². The maximum atomic E-state index is 12.0. The van der Waals surface area contributed by atoms with Crippen molar-refractivity contribution in [3.8, 4) is 0 Å². The Morgan fingerprint density at radius 1 is 1.27 bits per heavy atom. The predicted octanol–water partition coefficient (Wildman–Crippen LogP) is 2.29. The van der Waals surface area contributed by atoms with Crippen molar-refractivity contribution in [3.05, 3.63) is 29.8 Å². The van der Waals surface area contributed by atoms with E-state index in [9.17, 15) is 13.2 Å². The van der Waals surface area contributed by atoms with Gasteiger partial charge in [-0.2, -0.15) is 13.2 Å². The van der Waals surface area contributed by atoms with Crippen LogP contribution in [0.15, 0.2) is 29.2 Å². The number of rotatable bonds is 3. The second-order valence-electron chi connectivity index (χ2n) is 2.91. The fraction of sp³-hybridized carbons (Fsp3) is 0.333. The third-order valence-electron chi connectivity index (χ3n) is 1.74. The lowest BCUT2D eigenvalue weighted by Crippen LogP contribution is -2.14. The summed E-state index contributed by atoms with van der Waals surface area (Å²) in [4.78, 5) is 0.108. The van der Waals surface area contributed by atoms with Gasteiger partial charge in [-0.3, -0.25) is 0 Å². The van der Waals surface area contributed by atoms with E-state index >= 15 is 0 Å². The normalized spacial score (nSPS) is 13.9. The van der Waals surface area contributed by atoms with Crippen LogP contribution in [0.3, 0.4) is 0 Å². The first-order chi connectivity index (χ1) is 6.92. The molecule has 0 radical (unpaired) electrons. The summed E-state index contributed by atoms with van der Waals surface area (Å²) < 4.78 is 35.9. The summed E-state index contributed by atoms with van der Waals surface area (Å²) in [6.07, 6.45) is 0. The van der Waals surface area contributed by atoms with Crippen LogP contribution in [0.25, 0.3) is 0 Å². The first kappa shape index (κ1) is 12.4. The Kier molecular flexibility index (Phi) is 4.01. The Hall–Kier alpha value is -0.720. The van der Waals surface area contributed by atoms with Crippen LogP contribution in [-0.4, -0.2) is 17.2 Å². The highest BCUT2D eigenvalue weighted by Gasteiger charge is 2.29. The summed E-state index contributed by atoms with van der Waals surface area (Å²) >= 11 is -0.175. The minimum absolute atomic E-state index is 0.108. The summed E-state index contributed by atoms with van der Waals surface area (Å²) in [6, 6.07) is 5.09. The molecule has 0 aliphatic heterocycles. The Morgan fingerprint density at radius 3 is 2.20 bits per heavy atom. The van der Waals surface area contributed by atoms with E-state index < -0.39 is 11.6 Å². The monoisotopic (exact) mass is 237 g/mol. The van der Waals surface area contributed by atoms with E-state index in [-0.39, 0.29) is 23.3 Å². The Morgan fingerprint density at radius 2 is 1.80 bits per heavy atom. The van der Waals surface area contributed by atoms with Gasteiger partial charge in [0.2, 0.25) is 0 Å². The molecule has 1 aromatic rings. The van der Waals surface area contributed by atoms with E-state index in [4.69, 9.17) is 10.8 Å². The average molecular weight is 237 g/mol. The van der Waals surface area contributed by atoms with Crippen LogP contribution in [0.1, 0.15) is 11.6 Å². The first-order valence-corrected chi connectivity index (χ1v) is 4.96. The smallest absolute Gasteiger partial charge is 0.394 e. The largest absolute Gasteiger partial charge is 0.446 e. The molecule has 3 N–H and O–H groups in total. The lowest BCUT2D eigenvalue weighted by atomic mass is 10.1. The quantitative estimate of drug-likeness (QED) is 0.793. The number of aliphatic hydroxyl groups excluding tert-OH is 1. The van der Waals surface area contributed by atoms with Crippen LogP contribution in [0.2, 0.25) is 0 Å². The zero-order chi connectivity index (χ0) is 11.5. The van der Waals surface area contributed by atoms with E-state index in [2.05, 4.69) is 0 Å². The minimum atomic E-state index is -4.28. The standard InChI is InChI=1S/C9H10F3NOS/c10-9(11,12)15-7-3-1-6(2-4-7)8(13)5-14/h1-4,8,14H,5,13H2/t8-/m0/s1. The van der Waals surface area contributed by atoms with Gasteiger partial charge in [-0.25, -0.2) is 0 Å². The molecule has 15 heavy (non-hydrogen) atoms. The summed E-state index contributed by atoms with van der Waals surface area (Å²) in [6.45, 7) is -0.230. The zero-order valence-electron chi connectivity index (χ0n) is 7.66. The molecule has 0 unspecified atom stereocenters. The highest BCUT2D eigenvalue weighted by atomic mass is 32.2. The molecule has 1 aromatic carbocycles. The Labute approximate surface area is 89.3 Å². The number of hydrogen-bond acceptors (Lipinski definition) is 3. The van der Waals surface area contributed by atoms with Gasteiger partial charge in [0.1, 0.15) is 0 Å². The lowest BCUT2D eigenvalue weighted by Gasteiger charge is -2.09. The van der Waals surface area contributed by atoms with Gasteiger partial charge in [0.25, 0.3) is 0 Å². The van der Waals surface area contributed by atoms with Gasteiger partial charge in [0.05, 0.1) is 12.6 Å². The topological polar surface area (TPSA) is 46.2 Å². The van der Waals surface area contributed by atoms with Crippen LogP contribution in [0.4, 0.5) is 13.2 Å². The molecule has 2 nitrogen and oxygen atoms in total. The van der Waals surface area contributed by atoms with E-state index in [0.717, 1.165) is 0 Å². The van der Waals surface area contributed by atoms with Crippen molar-refractivity contribution in [2.75, 3.05) is 6.61 Å². The molecule has 1 rings (SSSR count). The molecule has 1 atom stereocenters. The Bertz CT molecular complexity index is 312. The number of hydrogen-bond donors (Lipinski definition) is 2. The van der Waals surface area contributed by atoms with E-state index in [1.807, 2.05) is 0 Å². The number of alkyl halides is 3. The first-order valence-electron chi connectivity index (χ1n) is 4.14. The number of halogens is 3. The molecule has 6 heteroatoms. The fourth-order valence-corrected chi connectivity index (χ4v) is 1.56. The summed E-state index contributed by atoms with van der Waals surface area (Å²) in [5, 5.41) is 8.73. The molecule has 0 fully saturated rings. The number of nitrogens with two attached hydrogens (primary N) is 1. The van der Waals surface area contributed by atoms with Crippen molar-refractivity contribution in [1.82, 2.24) is 0 Å². The molecule has 0 saturated heterocycles.